The summed E-state index contributed by atoms with van der Waals surface area (Å²) in [7, 11) is 1.74. The zero-order valence-corrected chi connectivity index (χ0v) is 11.8. The van der Waals surface area contributed by atoms with Crippen LogP contribution >= 0.6 is 0 Å². The standard InChI is InChI=1S/C15H19N3O2/c1-10-4-3-5-12-13(10)17(2)15(20)18(14(12)19)11-6-8-16-9-7-11/h3-5,11,16H,6-9H2,1-2H3. The smallest absolute Gasteiger partial charge is 0.317 e. The van der Waals surface area contributed by atoms with Crippen LogP contribution in [0.15, 0.2) is 27.8 Å². The van der Waals surface area contributed by atoms with E-state index in [0.29, 0.717) is 5.39 Å². The lowest BCUT2D eigenvalue weighted by molar-refractivity contribution is 0.347. The topological polar surface area (TPSA) is 56.0 Å². The summed E-state index contributed by atoms with van der Waals surface area (Å²) in [4.78, 5) is 25.2. The van der Waals surface area contributed by atoms with E-state index in [1.807, 2.05) is 25.1 Å². The lowest BCUT2D eigenvalue weighted by Crippen LogP contribution is -2.44. The minimum Gasteiger partial charge on any atom is -0.317 e. The van der Waals surface area contributed by atoms with Gasteiger partial charge in [0.05, 0.1) is 10.9 Å². The van der Waals surface area contributed by atoms with Gasteiger partial charge < -0.3 is 5.32 Å². The van der Waals surface area contributed by atoms with Crippen molar-refractivity contribution < 1.29 is 0 Å². The van der Waals surface area contributed by atoms with Gasteiger partial charge in [0.2, 0.25) is 0 Å². The second-order valence-electron chi connectivity index (χ2n) is 5.47. The minimum atomic E-state index is -0.205. The number of para-hydroxylation sites is 1. The van der Waals surface area contributed by atoms with E-state index in [-0.39, 0.29) is 17.3 Å². The number of nitrogens with zero attached hydrogens (tertiary/aromatic N) is 2. The van der Waals surface area contributed by atoms with E-state index in [9.17, 15) is 9.59 Å². The third kappa shape index (κ3) is 1.89. The fraction of sp³-hybridized carbons (Fsp3) is 0.467. The Hall–Kier alpha value is -1.88. The van der Waals surface area contributed by atoms with Gasteiger partial charge in [0.25, 0.3) is 5.56 Å². The molecule has 106 valence electrons. The van der Waals surface area contributed by atoms with Gasteiger partial charge >= 0.3 is 5.69 Å². The lowest BCUT2D eigenvalue weighted by atomic mass is 10.1. The molecule has 1 saturated heterocycles. The molecule has 1 fully saturated rings. The number of piperidine rings is 1. The van der Waals surface area contributed by atoms with Crippen LogP contribution in [-0.4, -0.2) is 22.2 Å². The highest BCUT2D eigenvalue weighted by Gasteiger charge is 2.21. The molecule has 0 unspecified atom stereocenters. The van der Waals surface area contributed by atoms with Crippen molar-refractivity contribution in [2.24, 2.45) is 7.05 Å². The van der Waals surface area contributed by atoms with Crippen LogP contribution in [0.25, 0.3) is 10.9 Å². The first-order valence-electron chi connectivity index (χ1n) is 7.03. The maximum atomic E-state index is 12.7. The first-order chi connectivity index (χ1) is 9.61. The van der Waals surface area contributed by atoms with E-state index in [2.05, 4.69) is 5.32 Å². The van der Waals surface area contributed by atoms with E-state index < -0.39 is 0 Å². The molecule has 0 spiro atoms. The highest BCUT2D eigenvalue weighted by Crippen LogP contribution is 2.17. The Kier molecular flexibility index (Phi) is 3.22. The van der Waals surface area contributed by atoms with Crippen LogP contribution in [0.5, 0.6) is 0 Å². The van der Waals surface area contributed by atoms with Crippen molar-refractivity contribution in [1.29, 1.82) is 0 Å². The summed E-state index contributed by atoms with van der Waals surface area (Å²) in [6, 6.07) is 5.61. The molecule has 0 amide bonds. The van der Waals surface area contributed by atoms with Gasteiger partial charge in [-0.25, -0.2) is 4.79 Å². The molecular formula is C15H19N3O2. The van der Waals surface area contributed by atoms with E-state index in [1.54, 1.807) is 11.6 Å². The van der Waals surface area contributed by atoms with Crippen LogP contribution in [0.2, 0.25) is 0 Å². The molecule has 1 N–H and O–H groups in total. The molecule has 1 aliphatic heterocycles. The number of hydrogen-bond donors (Lipinski definition) is 1. The first kappa shape index (κ1) is 13.1. The van der Waals surface area contributed by atoms with Gasteiger partial charge in [0, 0.05) is 13.1 Å². The number of rotatable bonds is 1. The molecule has 3 rings (SSSR count). The fourth-order valence-electron chi connectivity index (χ4n) is 3.14. The number of nitrogens with one attached hydrogen (secondary N) is 1. The molecule has 2 aromatic rings. The van der Waals surface area contributed by atoms with Crippen molar-refractivity contribution in [2.75, 3.05) is 13.1 Å². The Bertz CT molecular complexity index is 767. The third-order valence-corrected chi connectivity index (χ3v) is 4.19. The number of fused-ring (bicyclic) bond motifs is 1. The van der Waals surface area contributed by atoms with Crippen molar-refractivity contribution in [2.45, 2.75) is 25.8 Å². The van der Waals surface area contributed by atoms with Crippen LogP contribution in [-0.2, 0) is 7.05 Å². The number of hydrogen-bond acceptors (Lipinski definition) is 3. The van der Waals surface area contributed by atoms with Crippen LogP contribution in [0, 0.1) is 6.92 Å². The molecule has 0 radical (unpaired) electrons. The predicted octanol–water partition coefficient (Wildman–Crippen LogP) is 0.933. The lowest BCUT2D eigenvalue weighted by Gasteiger charge is -2.25. The van der Waals surface area contributed by atoms with Gasteiger partial charge in [-0.3, -0.25) is 13.9 Å². The zero-order chi connectivity index (χ0) is 14.3. The summed E-state index contributed by atoms with van der Waals surface area (Å²) in [5.74, 6) is 0. The molecule has 0 bridgehead atoms. The van der Waals surface area contributed by atoms with Gasteiger partial charge in [-0.05, 0) is 44.5 Å². The largest absolute Gasteiger partial charge is 0.331 e. The molecular weight excluding hydrogens is 254 g/mol. The van der Waals surface area contributed by atoms with E-state index in [1.165, 1.54) is 4.57 Å². The van der Waals surface area contributed by atoms with E-state index in [0.717, 1.165) is 37.0 Å². The maximum absolute atomic E-state index is 12.7. The predicted molar refractivity (Wildman–Crippen MR) is 79.3 cm³/mol. The minimum absolute atomic E-state index is 0.00682. The fourth-order valence-corrected chi connectivity index (χ4v) is 3.14. The summed E-state index contributed by atoms with van der Waals surface area (Å²) >= 11 is 0. The number of aryl methyl sites for hydroxylation is 2. The molecule has 1 aromatic carbocycles. The third-order valence-electron chi connectivity index (χ3n) is 4.19. The number of benzene rings is 1. The zero-order valence-electron chi connectivity index (χ0n) is 11.8. The van der Waals surface area contributed by atoms with Gasteiger partial charge in [0.15, 0.2) is 0 Å². The molecule has 0 aliphatic carbocycles. The van der Waals surface area contributed by atoms with E-state index >= 15 is 0 Å². The average Bonchev–Trinajstić information content (AvgIpc) is 2.46. The number of aromatic nitrogens is 2. The van der Waals surface area contributed by atoms with E-state index in [4.69, 9.17) is 0 Å². The van der Waals surface area contributed by atoms with Crippen LogP contribution < -0.4 is 16.6 Å². The highest BCUT2D eigenvalue weighted by atomic mass is 16.2. The van der Waals surface area contributed by atoms with Gasteiger partial charge in [-0.1, -0.05) is 12.1 Å². The molecule has 1 aromatic heterocycles. The Labute approximate surface area is 116 Å². The van der Waals surface area contributed by atoms with Gasteiger partial charge in [0.1, 0.15) is 0 Å². The molecule has 5 nitrogen and oxygen atoms in total. The van der Waals surface area contributed by atoms with Crippen LogP contribution in [0.1, 0.15) is 24.4 Å². The Morgan fingerprint density at radius 1 is 1.20 bits per heavy atom. The molecule has 5 heteroatoms. The summed E-state index contributed by atoms with van der Waals surface area (Å²) in [6.07, 6.45) is 1.65. The first-order valence-corrected chi connectivity index (χ1v) is 7.03. The van der Waals surface area contributed by atoms with Crippen molar-refractivity contribution in [3.8, 4) is 0 Å². The van der Waals surface area contributed by atoms with Crippen molar-refractivity contribution in [3.63, 3.8) is 0 Å². The Morgan fingerprint density at radius 3 is 2.60 bits per heavy atom. The van der Waals surface area contributed by atoms with Crippen molar-refractivity contribution in [1.82, 2.24) is 14.5 Å². The molecule has 2 heterocycles. The monoisotopic (exact) mass is 273 g/mol. The van der Waals surface area contributed by atoms with Crippen LogP contribution in [0.4, 0.5) is 0 Å². The van der Waals surface area contributed by atoms with Gasteiger partial charge in [-0.15, -0.1) is 0 Å². The average molecular weight is 273 g/mol. The second kappa shape index (κ2) is 4.90. The van der Waals surface area contributed by atoms with Crippen molar-refractivity contribution >= 4 is 10.9 Å². The normalized spacial score (nSPS) is 16.7. The quantitative estimate of drug-likeness (QED) is 0.841. The molecule has 20 heavy (non-hydrogen) atoms. The summed E-state index contributed by atoms with van der Waals surface area (Å²) in [5, 5.41) is 3.89. The summed E-state index contributed by atoms with van der Waals surface area (Å²) < 4.78 is 3.05. The Balaban J connectivity index is 2.34. The van der Waals surface area contributed by atoms with Gasteiger partial charge in [-0.2, -0.15) is 0 Å². The second-order valence-corrected chi connectivity index (χ2v) is 5.47. The molecule has 1 aliphatic rings. The molecule has 0 atom stereocenters. The SMILES string of the molecule is Cc1cccc2c(=O)n(C3CCNCC3)c(=O)n(C)c12. The molecule has 0 saturated carbocycles. The summed E-state index contributed by atoms with van der Waals surface area (Å²) in [5.41, 5.74) is 1.34. The van der Waals surface area contributed by atoms with Crippen molar-refractivity contribution in [3.05, 3.63) is 44.6 Å². The summed E-state index contributed by atoms with van der Waals surface area (Å²) in [6.45, 7) is 3.63. The highest BCUT2D eigenvalue weighted by molar-refractivity contribution is 5.81. The Morgan fingerprint density at radius 2 is 1.90 bits per heavy atom. The maximum Gasteiger partial charge on any atom is 0.331 e. The van der Waals surface area contributed by atoms with Crippen LogP contribution in [0.3, 0.4) is 0 Å².